The van der Waals surface area contributed by atoms with Crippen LogP contribution in [0.2, 0.25) is 0 Å². The summed E-state index contributed by atoms with van der Waals surface area (Å²) in [4.78, 5) is 13.0. The third kappa shape index (κ3) is 3.36. The SMILES string of the molecule is C[C@@]12CC(=O)c3occc3C1CC[C@@]13C[C@@H](C[C@H](O)C12)[C@@](O)(COC1OC(CO)C(O)C(O)C1O)C3. The van der Waals surface area contributed by atoms with Crippen LogP contribution in [-0.2, 0) is 9.47 Å². The van der Waals surface area contributed by atoms with Crippen molar-refractivity contribution >= 4 is 5.78 Å². The first kappa shape index (κ1) is 24.9. The van der Waals surface area contributed by atoms with Crippen molar-refractivity contribution < 1.29 is 49.3 Å². The van der Waals surface area contributed by atoms with E-state index in [0.29, 0.717) is 31.4 Å². The molecule has 2 heterocycles. The Kier molecular flexibility index (Phi) is 5.76. The second-order valence-electron chi connectivity index (χ2n) is 12.2. The van der Waals surface area contributed by atoms with Crippen molar-refractivity contribution in [2.45, 2.75) is 93.8 Å². The van der Waals surface area contributed by atoms with E-state index in [4.69, 9.17) is 13.9 Å². The van der Waals surface area contributed by atoms with Gasteiger partial charge in [-0.3, -0.25) is 4.79 Å². The van der Waals surface area contributed by atoms with Gasteiger partial charge in [0.05, 0.1) is 31.2 Å². The minimum absolute atomic E-state index is 0.0423. The number of aliphatic hydroxyl groups is 6. The fourth-order valence-corrected chi connectivity index (χ4v) is 8.94. The molecule has 10 nitrogen and oxygen atoms in total. The third-order valence-corrected chi connectivity index (χ3v) is 10.3. The summed E-state index contributed by atoms with van der Waals surface area (Å²) in [6.45, 7) is 1.35. The zero-order valence-corrected chi connectivity index (χ0v) is 20.3. The monoisotopic (exact) mass is 508 g/mol. The van der Waals surface area contributed by atoms with Crippen molar-refractivity contribution in [1.29, 1.82) is 0 Å². The van der Waals surface area contributed by atoms with Gasteiger partial charge in [-0.25, -0.2) is 0 Å². The molecule has 3 saturated carbocycles. The largest absolute Gasteiger partial charge is 0.461 e. The van der Waals surface area contributed by atoms with E-state index in [2.05, 4.69) is 6.92 Å². The topological polar surface area (TPSA) is 170 Å². The van der Waals surface area contributed by atoms with Crippen molar-refractivity contribution in [3.05, 3.63) is 23.7 Å². The Morgan fingerprint density at radius 3 is 2.69 bits per heavy atom. The highest BCUT2D eigenvalue weighted by molar-refractivity contribution is 5.97. The number of hydrogen-bond donors (Lipinski definition) is 6. The van der Waals surface area contributed by atoms with Gasteiger partial charge in [0.25, 0.3) is 0 Å². The summed E-state index contributed by atoms with van der Waals surface area (Å²) in [5, 5.41) is 63.1. The molecule has 1 aliphatic heterocycles. The number of fused-ring (bicyclic) bond motifs is 5. The van der Waals surface area contributed by atoms with Crippen LogP contribution in [-0.4, -0.2) is 92.0 Å². The summed E-state index contributed by atoms with van der Waals surface area (Å²) in [6.07, 6.45) is -2.74. The van der Waals surface area contributed by atoms with Gasteiger partial charge in [0, 0.05) is 12.0 Å². The van der Waals surface area contributed by atoms with E-state index in [1.807, 2.05) is 6.07 Å². The number of carbonyl (C=O) groups is 1. The second kappa shape index (κ2) is 8.31. The molecule has 7 unspecified atom stereocenters. The summed E-state index contributed by atoms with van der Waals surface area (Å²) < 4.78 is 16.7. The van der Waals surface area contributed by atoms with Crippen molar-refractivity contribution in [1.82, 2.24) is 0 Å². The molecular formula is C26H36O10. The zero-order chi connectivity index (χ0) is 25.6. The normalized spacial score (nSPS) is 52.0. The maximum atomic E-state index is 13.0. The molecule has 5 aliphatic rings. The maximum Gasteiger partial charge on any atom is 0.198 e. The Morgan fingerprint density at radius 2 is 1.94 bits per heavy atom. The van der Waals surface area contributed by atoms with Crippen LogP contribution in [0.3, 0.4) is 0 Å². The molecule has 0 aromatic carbocycles. The molecule has 0 amide bonds. The molecule has 1 aromatic heterocycles. The lowest BCUT2D eigenvalue weighted by atomic mass is 9.44. The first-order chi connectivity index (χ1) is 17.0. The van der Waals surface area contributed by atoms with Crippen LogP contribution < -0.4 is 0 Å². The Bertz CT molecular complexity index is 1020. The maximum absolute atomic E-state index is 13.0. The molecule has 4 aliphatic carbocycles. The van der Waals surface area contributed by atoms with E-state index in [9.17, 15) is 35.4 Å². The Hall–Kier alpha value is -1.37. The van der Waals surface area contributed by atoms with Crippen LogP contribution in [0.5, 0.6) is 0 Å². The molecule has 1 saturated heterocycles. The molecular weight excluding hydrogens is 472 g/mol. The zero-order valence-electron chi connectivity index (χ0n) is 20.3. The molecule has 200 valence electrons. The summed E-state index contributed by atoms with van der Waals surface area (Å²) in [5.41, 5.74) is -1.18. The Balaban J connectivity index is 1.24. The van der Waals surface area contributed by atoms with Gasteiger partial charge in [-0.2, -0.15) is 0 Å². The predicted octanol–water partition coefficient (Wildman–Crippen LogP) is 0.0745. The van der Waals surface area contributed by atoms with Gasteiger partial charge in [0.2, 0.25) is 0 Å². The van der Waals surface area contributed by atoms with E-state index < -0.39 is 54.4 Å². The fourth-order valence-electron chi connectivity index (χ4n) is 8.94. The van der Waals surface area contributed by atoms with Crippen LogP contribution in [0.4, 0.5) is 0 Å². The van der Waals surface area contributed by atoms with E-state index in [1.54, 1.807) is 6.26 Å². The Morgan fingerprint density at radius 1 is 1.17 bits per heavy atom. The van der Waals surface area contributed by atoms with E-state index in [-0.39, 0.29) is 35.6 Å². The van der Waals surface area contributed by atoms with Crippen molar-refractivity contribution in [2.24, 2.45) is 22.7 Å². The molecule has 1 spiro atoms. The van der Waals surface area contributed by atoms with Gasteiger partial charge in [0.15, 0.2) is 17.8 Å². The molecule has 4 fully saturated rings. The summed E-state index contributed by atoms with van der Waals surface area (Å²) >= 11 is 0. The fraction of sp³-hybridized carbons (Fsp3) is 0.808. The third-order valence-electron chi connectivity index (χ3n) is 10.3. The molecule has 1 aromatic rings. The van der Waals surface area contributed by atoms with Crippen LogP contribution in [0, 0.1) is 22.7 Å². The smallest absolute Gasteiger partial charge is 0.198 e. The number of furan rings is 1. The van der Waals surface area contributed by atoms with Gasteiger partial charge < -0.3 is 44.5 Å². The van der Waals surface area contributed by atoms with Gasteiger partial charge in [-0.15, -0.1) is 0 Å². The van der Waals surface area contributed by atoms with E-state index in [1.165, 1.54) is 0 Å². The molecule has 36 heavy (non-hydrogen) atoms. The number of Topliss-reactive ketones (excluding diaryl/α,β-unsaturated/α-hetero) is 1. The molecule has 0 radical (unpaired) electrons. The van der Waals surface area contributed by atoms with Gasteiger partial charge >= 0.3 is 0 Å². The van der Waals surface area contributed by atoms with Gasteiger partial charge in [-0.05, 0) is 66.8 Å². The molecule has 6 N–H and O–H groups in total. The lowest BCUT2D eigenvalue weighted by Crippen LogP contribution is -2.59. The number of ether oxygens (including phenoxy) is 2. The first-order valence-corrected chi connectivity index (χ1v) is 13.0. The second-order valence-corrected chi connectivity index (χ2v) is 12.2. The summed E-state index contributed by atoms with van der Waals surface area (Å²) in [7, 11) is 0. The summed E-state index contributed by atoms with van der Waals surface area (Å²) in [6, 6.07) is 1.88. The molecule has 10 heteroatoms. The number of rotatable bonds is 4. The number of ketones is 1. The van der Waals surface area contributed by atoms with Crippen LogP contribution in [0.1, 0.15) is 67.5 Å². The van der Waals surface area contributed by atoms with Gasteiger partial charge in [0.1, 0.15) is 24.4 Å². The lowest BCUT2D eigenvalue weighted by Gasteiger charge is -2.60. The number of hydrogen-bond acceptors (Lipinski definition) is 10. The Labute approximate surface area is 208 Å². The minimum Gasteiger partial charge on any atom is -0.461 e. The molecule has 6 rings (SSSR count). The predicted molar refractivity (Wildman–Crippen MR) is 122 cm³/mol. The van der Waals surface area contributed by atoms with Crippen molar-refractivity contribution in [3.8, 4) is 0 Å². The van der Waals surface area contributed by atoms with E-state index >= 15 is 0 Å². The molecule has 2 bridgehead atoms. The van der Waals surface area contributed by atoms with Gasteiger partial charge in [-0.1, -0.05) is 6.92 Å². The van der Waals surface area contributed by atoms with Crippen LogP contribution >= 0.6 is 0 Å². The summed E-state index contributed by atoms with van der Waals surface area (Å²) in [5.74, 6) is 0.0856. The highest BCUT2D eigenvalue weighted by Gasteiger charge is 2.69. The molecule has 12 atom stereocenters. The lowest BCUT2D eigenvalue weighted by molar-refractivity contribution is -0.310. The average molecular weight is 509 g/mol. The number of aliphatic hydroxyl groups excluding tert-OH is 5. The highest BCUT2D eigenvalue weighted by atomic mass is 16.7. The van der Waals surface area contributed by atoms with E-state index in [0.717, 1.165) is 18.4 Å². The number of carbonyl (C=O) groups excluding carboxylic acids is 1. The quantitative estimate of drug-likeness (QED) is 0.327. The van der Waals surface area contributed by atoms with Crippen LogP contribution in [0.15, 0.2) is 16.7 Å². The first-order valence-electron chi connectivity index (χ1n) is 13.0. The van der Waals surface area contributed by atoms with Crippen molar-refractivity contribution in [3.63, 3.8) is 0 Å². The average Bonchev–Trinajstić information content (AvgIpc) is 3.39. The highest BCUT2D eigenvalue weighted by Crippen LogP contribution is 2.72. The standard InChI is InChI=1S/C26H36O10/c1-24-8-16(29)21-13(3-5-34-21)14(24)2-4-25-7-12(6-15(28)22(24)25)26(33,10-25)11-35-23-20(32)19(31)18(30)17(9-27)36-23/h3,5,12,14-15,17-20,22-23,27-28,30-33H,2,4,6-11H2,1H3/t12-,14?,15+,17?,18?,19?,20?,22?,23?,24-,25+,26+/m1/s1. The van der Waals surface area contributed by atoms with Crippen LogP contribution in [0.25, 0.3) is 0 Å². The van der Waals surface area contributed by atoms with Crippen molar-refractivity contribution in [2.75, 3.05) is 13.2 Å². The minimum atomic E-state index is -1.56.